The lowest BCUT2D eigenvalue weighted by Crippen LogP contribution is -2.57. The van der Waals surface area contributed by atoms with Gasteiger partial charge in [0.25, 0.3) is 0 Å². The zero-order valence-corrected chi connectivity index (χ0v) is 18.5. The summed E-state index contributed by atoms with van der Waals surface area (Å²) >= 11 is 0. The molecule has 0 radical (unpaired) electrons. The lowest BCUT2D eigenvalue weighted by molar-refractivity contribution is 0.0448. The zero-order chi connectivity index (χ0) is 21.2. The highest BCUT2D eigenvalue weighted by Crippen LogP contribution is 2.16. The largest absolute Gasteiger partial charge is 0.444 e. The lowest BCUT2D eigenvalue weighted by atomic mass is 9.93. The average molecular weight is 392 g/mol. The normalized spacial score (nSPS) is 12.5. The van der Waals surface area contributed by atoms with E-state index >= 15 is 0 Å². The molecule has 0 aromatic carbocycles. The van der Waals surface area contributed by atoms with Gasteiger partial charge in [-0.25, -0.2) is 9.79 Å². The highest BCUT2D eigenvalue weighted by Gasteiger charge is 2.30. The summed E-state index contributed by atoms with van der Waals surface area (Å²) in [4.78, 5) is 21.3. The Morgan fingerprint density at radius 1 is 1.18 bits per heavy atom. The topological polar surface area (TPSA) is 87.6 Å². The minimum absolute atomic E-state index is 0.399. The van der Waals surface area contributed by atoms with Crippen LogP contribution in [-0.4, -0.2) is 41.3 Å². The molecule has 3 N–H and O–H groups in total. The first-order chi connectivity index (χ1) is 13.1. The van der Waals surface area contributed by atoms with Crippen molar-refractivity contribution >= 4 is 12.1 Å². The van der Waals surface area contributed by atoms with Crippen LogP contribution in [0.3, 0.4) is 0 Å². The Morgan fingerprint density at radius 2 is 1.86 bits per heavy atom. The molecule has 0 atom stereocenters. The first-order valence-corrected chi connectivity index (χ1v) is 10.1. The van der Waals surface area contributed by atoms with Gasteiger partial charge in [-0.05, 0) is 59.1 Å². The predicted octanol–water partition coefficient (Wildman–Crippen LogP) is 3.53. The van der Waals surface area contributed by atoms with Crippen LogP contribution in [0.25, 0.3) is 0 Å². The molecule has 0 saturated carbocycles. The Kier molecular flexibility index (Phi) is 9.22. The molecule has 0 spiro atoms. The van der Waals surface area contributed by atoms with E-state index in [0.717, 1.165) is 30.6 Å². The van der Waals surface area contributed by atoms with Gasteiger partial charge in [-0.1, -0.05) is 19.9 Å². The van der Waals surface area contributed by atoms with Gasteiger partial charge in [-0.2, -0.15) is 0 Å². The number of guanidine groups is 1. The fourth-order valence-electron chi connectivity index (χ4n) is 2.67. The van der Waals surface area contributed by atoms with Gasteiger partial charge in [0.05, 0.1) is 17.8 Å². The first kappa shape index (κ1) is 23.7. The molecule has 1 rings (SSSR count). The number of nitrogens with one attached hydrogen (secondary N) is 3. The number of alkyl carbamates (subject to hydrolysis) is 1. The number of aryl methyl sites for hydroxylation is 1. The van der Waals surface area contributed by atoms with Crippen LogP contribution in [0.2, 0.25) is 0 Å². The zero-order valence-electron chi connectivity index (χ0n) is 18.5. The van der Waals surface area contributed by atoms with Crippen LogP contribution < -0.4 is 16.0 Å². The number of amides is 1. The van der Waals surface area contributed by atoms with Crippen molar-refractivity contribution < 1.29 is 9.53 Å². The van der Waals surface area contributed by atoms with Crippen molar-refractivity contribution in [3.05, 3.63) is 29.6 Å². The summed E-state index contributed by atoms with van der Waals surface area (Å²) in [6, 6.07) is 3.95. The van der Waals surface area contributed by atoms with Crippen LogP contribution >= 0.6 is 0 Å². The molecular formula is C21H37N5O2. The number of carbonyl (C=O) groups excluding carboxylic acids is 1. The van der Waals surface area contributed by atoms with Crippen molar-refractivity contribution in [2.45, 2.75) is 79.0 Å². The van der Waals surface area contributed by atoms with Crippen molar-refractivity contribution in [3.63, 3.8) is 0 Å². The second kappa shape index (κ2) is 10.9. The molecule has 0 aliphatic heterocycles. The van der Waals surface area contributed by atoms with Crippen molar-refractivity contribution in [3.8, 4) is 0 Å². The van der Waals surface area contributed by atoms with Gasteiger partial charge in [-0.3, -0.25) is 4.98 Å². The van der Waals surface area contributed by atoms with Gasteiger partial charge in [0.2, 0.25) is 0 Å². The fourth-order valence-corrected chi connectivity index (χ4v) is 2.67. The third kappa shape index (κ3) is 8.15. The van der Waals surface area contributed by atoms with Gasteiger partial charge in [0, 0.05) is 19.3 Å². The number of hydrogen-bond donors (Lipinski definition) is 3. The van der Waals surface area contributed by atoms with E-state index in [0.29, 0.717) is 19.0 Å². The molecule has 158 valence electrons. The summed E-state index contributed by atoms with van der Waals surface area (Å²) in [6.07, 6.45) is 2.93. The monoisotopic (exact) mass is 391 g/mol. The van der Waals surface area contributed by atoms with Gasteiger partial charge < -0.3 is 20.7 Å². The minimum Gasteiger partial charge on any atom is -0.444 e. The number of carbonyl (C=O) groups is 1. The summed E-state index contributed by atoms with van der Waals surface area (Å²) in [5, 5.41) is 9.66. The number of ether oxygens (including phenoxy) is 1. The third-order valence-corrected chi connectivity index (χ3v) is 4.56. The molecule has 0 aliphatic carbocycles. The Hall–Kier alpha value is -2.31. The number of pyridine rings is 1. The molecule has 0 fully saturated rings. The van der Waals surface area contributed by atoms with E-state index < -0.39 is 17.2 Å². The second-order valence-electron chi connectivity index (χ2n) is 7.93. The Bertz CT molecular complexity index is 648. The highest BCUT2D eigenvalue weighted by atomic mass is 16.6. The molecule has 1 aromatic rings. The second-order valence-corrected chi connectivity index (χ2v) is 7.93. The lowest BCUT2D eigenvalue weighted by Gasteiger charge is -2.34. The Labute approximate surface area is 169 Å². The van der Waals surface area contributed by atoms with E-state index in [1.807, 2.05) is 46.8 Å². The minimum atomic E-state index is -0.526. The van der Waals surface area contributed by atoms with Gasteiger partial charge in [0.1, 0.15) is 5.60 Å². The summed E-state index contributed by atoms with van der Waals surface area (Å²) in [7, 11) is 0. The first-order valence-electron chi connectivity index (χ1n) is 10.1. The van der Waals surface area contributed by atoms with E-state index in [-0.39, 0.29) is 0 Å². The van der Waals surface area contributed by atoms with Crippen LogP contribution in [0.1, 0.15) is 65.6 Å². The maximum absolute atomic E-state index is 12.3. The molecule has 0 bridgehead atoms. The Balaban J connectivity index is 2.82. The van der Waals surface area contributed by atoms with Crippen LogP contribution in [0, 0.1) is 6.92 Å². The van der Waals surface area contributed by atoms with Crippen LogP contribution in [0.15, 0.2) is 23.3 Å². The van der Waals surface area contributed by atoms with Crippen molar-refractivity contribution in [2.75, 3.05) is 13.1 Å². The molecule has 1 aromatic heterocycles. The van der Waals surface area contributed by atoms with E-state index in [4.69, 9.17) is 4.74 Å². The molecule has 7 heteroatoms. The van der Waals surface area contributed by atoms with Crippen LogP contribution in [-0.2, 0) is 11.3 Å². The summed E-state index contributed by atoms with van der Waals surface area (Å²) in [5.41, 5.74) is 1.12. The Morgan fingerprint density at radius 3 is 2.39 bits per heavy atom. The number of nitrogens with zero attached hydrogens (tertiary/aromatic N) is 2. The van der Waals surface area contributed by atoms with E-state index in [1.54, 1.807) is 6.20 Å². The van der Waals surface area contributed by atoms with Crippen molar-refractivity contribution in [1.82, 2.24) is 20.9 Å². The van der Waals surface area contributed by atoms with Crippen molar-refractivity contribution in [2.24, 2.45) is 4.99 Å². The number of aliphatic imine (C=N–C) groups is 1. The SMILES string of the molecule is CCNC(=NCc1ncccc1C)NCC(CC)(CC)NC(=O)OC(C)(C)C. The molecule has 1 heterocycles. The number of hydrogen-bond acceptors (Lipinski definition) is 4. The maximum atomic E-state index is 12.3. The molecule has 7 nitrogen and oxygen atoms in total. The van der Waals surface area contributed by atoms with Crippen LogP contribution in [0.5, 0.6) is 0 Å². The number of rotatable bonds is 8. The molecule has 0 saturated heterocycles. The maximum Gasteiger partial charge on any atom is 0.408 e. The quantitative estimate of drug-likeness (QED) is 0.466. The van der Waals surface area contributed by atoms with E-state index in [2.05, 4.69) is 39.8 Å². The summed E-state index contributed by atoms with van der Waals surface area (Å²) in [6.45, 7) is 15.5. The molecule has 28 heavy (non-hydrogen) atoms. The van der Waals surface area contributed by atoms with E-state index in [1.165, 1.54) is 0 Å². The molecular weight excluding hydrogens is 354 g/mol. The van der Waals surface area contributed by atoms with Crippen LogP contribution in [0.4, 0.5) is 4.79 Å². The van der Waals surface area contributed by atoms with Gasteiger partial charge in [0.15, 0.2) is 5.96 Å². The summed E-state index contributed by atoms with van der Waals surface area (Å²) < 4.78 is 5.44. The molecule has 1 amide bonds. The fraction of sp³-hybridized carbons (Fsp3) is 0.667. The van der Waals surface area contributed by atoms with Gasteiger partial charge >= 0.3 is 6.09 Å². The summed E-state index contributed by atoms with van der Waals surface area (Å²) in [5.74, 6) is 0.699. The number of aromatic nitrogens is 1. The standard InChI is InChI=1S/C21H37N5O2/c1-8-21(9-2,26-19(27)28-20(5,6)7)15-25-18(22-10-3)24-14-17-16(4)12-11-13-23-17/h11-13H,8-10,14-15H2,1-7H3,(H,26,27)(H2,22,24,25). The molecule has 0 aliphatic rings. The van der Waals surface area contributed by atoms with Gasteiger partial charge in [-0.15, -0.1) is 0 Å². The predicted molar refractivity (Wildman–Crippen MR) is 114 cm³/mol. The van der Waals surface area contributed by atoms with Crippen molar-refractivity contribution in [1.29, 1.82) is 0 Å². The smallest absolute Gasteiger partial charge is 0.408 e. The van der Waals surface area contributed by atoms with E-state index in [9.17, 15) is 4.79 Å². The average Bonchev–Trinajstić information content (AvgIpc) is 2.62. The molecule has 0 unspecified atom stereocenters. The highest BCUT2D eigenvalue weighted by molar-refractivity contribution is 5.80. The third-order valence-electron chi connectivity index (χ3n) is 4.56.